The van der Waals surface area contributed by atoms with Gasteiger partial charge in [0.2, 0.25) is 0 Å². The molecule has 19 heavy (non-hydrogen) atoms. The Bertz CT molecular complexity index is 446. The molecule has 0 radical (unpaired) electrons. The van der Waals surface area contributed by atoms with Gasteiger partial charge in [-0.3, -0.25) is 4.79 Å². The van der Waals surface area contributed by atoms with Crippen molar-refractivity contribution in [3.05, 3.63) is 30.3 Å². The van der Waals surface area contributed by atoms with Gasteiger partial charge < -0.3 is 14.4 Å². The fourth-order valence-corrected chi connectivity index (χ4v) is 2.03. The van der Waals surface area contributed by atoms with Gasteiger partial charge in [0.1, 0.15) is 5.75 Å². The van der Waals surface area contributed by atoms with E-state index in [1.165, 1.54) is 4.90 Å². The highest BCUT2D eigenvalue weighted by Gasteiger charge is 2.32. The maximum absolute atomic E-state index is 11.9. The van der Waals surface area contributed by atoms with E-state index in [0.29, 0.717) is 31.9 Å². The summed E-state index contributed by atoms with van der Waals surface area (Å²) in [5, 5.41) is 0. The van der Waals surface area contributed by atoms with Gasteiger partial charge in [0.25, 0.3) is 0 Å². The molecule has 0 aromatic heterocycles. The standard InChI is InChI=1S/C14H17NO4/c1-2-18-13(16)11-8-9-15(10-11)14(17)19-12-6-4-3-5-7-12/h3-7,11H,2,8-10H2,1H3. The van der Waals surface area contributed by atoms with E-state index in [0.717, 1.165) is 0 Å². The normalized spacial score (nSPS) is 18.2. The van der Waals surface area contributed by atoms with Crippen molar-refractivity contribution in [1.29, 1.82) is 0 Å². The molecule has 1 heterocycles. The van der Waals surface area contributed by atoms with E-state index in [2.05, 4.69) is 0 Å². The molecule has 0 bridgehead atoms. The first-order chi connectivity index (χ1) is 9.20. The molecule has 1 atom stereocenters. The van der Waals surface area contributed by atoms with Crippen molar-refractivity contribution in [2.75, 3.05) is 19.7 Å². The highest BCUT2D eigenvalue weighted by molar-refractivity contribution is 5.76. The summed E-state index contributed by atoms with van der Waals surface area (Å²) in [5.74, 6) is 0.0351. The van der Waals surface area contributed by atoms with Gasteiger partial charge in [-0.05, 0) is 25.5 Å². The molecule has 1 aromatic carbocycles. The number of hydrogen-bond acceptors (Lipinski definition) is 4. The van der Waals surface area contributed by atoms with Gasteiger partial charge in [-0.2, -0.15) is 0 Å². The van der Waals surface area contributed by atoms with Crippen LogP contribution in [0.3, 0.4) is 0 Å². The van der Waals surface area contributed by atoms with E-state index < -0.39 is 6.09 Å². The number of esters is 1. The zero-order valence-corrected chi connectivity index (χ0v) is 10.9. The molecule has 1 amide bonds. The first-order valence-corrected chi connectivity index (χ1v) is 6.39. The Labute approximate surface area is 112 Å². The number of nitrogens with zero attached hydrogens (tertiary/aromatic N) is 1. The van der Waals surface area contributed by atoms with Crippen LogP contribution in [-0.4, -0.2) is 36.7 Å². The lowest BCUT2D eigenvalue weighted by Gasteiger charge is -2.15. The van der Waals surface area contributed by atoms with Crippen LogP contribution in [0.4, 0.5) is 4.79 Å². The molecule has 1 aromatic rings. The van der Waals surface area contributed by atoms with Crippen LogP contribution in [0.25, 0.3) is 0 Å². The van der Waals surface area contributed by atoms with Crippen molar-refractivity contribution in [3.8, 4) is 5.75 Å². The molecule has 1 aliphatic heterocycles. The van der Waals surface area contributed by atoms with E-state index in [9.17, 15) is 9.59 Å². The molecule has 0 aliphatic carbocycles. The van der Waals surface area contributed by atoms with E-state index in [4.69, 9.17) is 9.47 Å². The summed E-state index contributed by atoms with van der Waals surface area (Å²) in [5.41, 5.74) is 0. The smallest absolute Gasteiger partial charge is 0.415 e. The molecular formula is C14H17NO4. The molecule has 1 aliphatic rings. The molecule has 1 saturated heterocycles. The molecule has 0 saturated carbocycles. The van der Waals surface area contributed by atoms with Crippen molar-refractivity contribution < 1.29 is 19.1 Å². The van der Waals surface area contributed by atoms with Crippen molar-refractivity contribution in [2.24, 2.45) is 5.92 Å². The van der Waals surface area contributed by atoms with Crippen LogP contribution in [0, 0.1) is 5.92 Å². The largest absolute Gasteiger partial charge is 0.466 e. The molecule has 102 valence electrons. The Kier molecular flexibility index (Phi) is 4.39. The zero-order chi connectivity index (χ0) is 13.7. The third kappa shape index (κ3) is 3.47. The Morgan fingerprint density at radius 1 is 1.32 bits per heavy atom. The first-order valence-electron chi connectivity index (χ1n) is 6.39. The van der Waals surface area contributed by atoms with Crippen LogP contribution < -0.4 is 4.74 Å². The van der Waals surface area contributed by atoms with Gasteiger partial charge in [0.05, 0.1) is 12.5 Å². The van der Waals surface area contributed by atoms with E-state index in [1.54, 1.807) is 31.2 Å². The minimum atomic E-state index is -0.419. The number of carbonyl (C=O) groups excluding carboxylic acids is 2. The maximum atomic E-state index is 11.9. The predicted octanol–water partition coefficient (Wildman–Crippen LogP) is 2.07. The van der Waals surface area contributed by atoms with Gasteiger partial charge >= 0.3 is 12.1 Å². The number of benzene rings is 1. The Balaban J connectivity index is 1.87. The number of amides is 1. The average molecular weight is 263 g/mol. The quantitative estimate of drug-likeness (QED) is 0.783. The summed E-state index contributed by atoms with van der Waals surface area (Å²) in [6, 6.07) is 8.89. The number of likely N-dealkylation sites (tertiary alicyclic amines) is 1. The van der Waals surface area contributed by atoms with Gasteiger partial charge in [-0.15, -0.1) is 0 Å². The summed E-state index contributed by atoms with van der Waals surface area (Å²) in [4.78, 5) is 25.0. The lowest BCUT2D eigenvalue weighted by atomic mass is 10.1. The van der Waals surface area contributed by atoms with E-state index in [-0.39, 0.29) is 11.9 Å². The molecule has 1 fully saturated rings. The Morgan fingerprint density at radius 3 is 2.74 bits per heavy atom. The lowest BCUT2D eigenvalue weighted by Crippen LogP contribution is -2.32. The highest BCUT2D eigenvalue weighted by Crippen LogP contribution is 2.19. The fraction of sp³-hybridized carbons (Fsp3) is 0.429. The van der Waals surface area contributed by atoms with Crippen LogP contribution in [0.1, 0.15) is 13.3 Å². The Hall–Kier alpha value is -2.04. The summed E-state index contributed by atoms with van der Waals surface area (Å²) >= 11 is 0. The number of rotatable bonds is 3. The third-order valence-corrected chi connectivity index (χ3v) is 3.01. The van der Waals surface area contributed by atoms with Crippen LogP contribution in [-0.2, 0) is 9.53 Å². The first kappa shape index (κ1) is 13.4. The summed E-state index contributed by atoms with van der Waals surface area (Å²) in [7, 11) is 0. The molecular weight excluding hydrogens is 246 g/mol. The maximum Gasteiger partial charge on any atom is 0.415 e. The highest BCUT2D eigenvalue weighted by atomic mass is 16.6. The predicted molar refractivity (Wildman–Crippen MR) is 68.8 cm³/mol. The monoisotopic (exact) mass is 263 g/mol. The van der Waals surface area contributed by atoms with Gasteiger partial charge in [0, 0.05) is 13.1 Å². The third-order valence-electron chi connectivity index (χ3n) is 3.01. The van der Waals surface area contributed by atoms with Crippen LogP contribution >= 0.6 is 0 Å². The second-order valence-corrected chi connectivity index (χ2v) is 4.36. The van der Waals surface area contributed by atoms with Crippen molar-refractivity contribution >= 4 is 12.1 Å². The average Bonchev–Trinajstić information content (AvgIpc) is 2.90. The van der Waals surface area contributed by atoms with Crippen LogP contribution in [0.2, 0.25) is 0 Å². The summed E-state index contributed by atoms with van der Waals surface area (Å²) in [6.45, 7) is 3.03. The molecule has 2 rings (SSSR count). The molecule has 0 spiro atoms. The van der Waals surface area contributed by atoms with Crippen LogP contribution in [0.5, 0.6) is 5.75 Å². The van der Waals surface area contributed by atoms with Gasteiger partial charge in [0.15, 0.2) is 0 Å². The van der Waals surface area contributed by atoms with Crippen LogP contribution in [0.15, 0.2) is 30.3 Å². The minimum absolute atomic E-state index is 0.233. The second kappa shape index (κ2) is 6.22. The SMILES string of the molecule is CCOC(=O)C1CCN(C(=O)Oc2ccccc2)C1. The topological polar surface area (TPSA) is 55.8 Å². The second-order valence-electron chi connectivity index (χ2n) is 4.36. The molecule has 5 heteroatoms. The zero-order valence-electron chi connectivity index (χ0n) is 10.9. The molecule has 1 unspecified atom stereocenters. The number of para-hydroxylation sites is 1. The number of carbonyl (C=O) groups is 2. The molecule has 5 nitrogen and oxygen atoms in total. The summed E-state index contributed by atoms with van der Waals surface area (Å²) in [6.07, 6.45) is 0.209. The van der Waals surface area contributed by atoms with Crippen molar-refractivity contribution in [2.45, 2.75) is 13.3 Å². The van der Waals surface area contributed by atoms with E-state index in [1.807, 2.05) is 6.07 Å². The fourth-order valence-electron chi connectivity index (χ4n) is 2.03. The van der Waals surface area contributed by atoms with Crippen molar-refractivity contribution in [3.63, 3.8) is 0 Å². The lowest BCUT2D eigenvalue weighted by molar-refractivity contribution is -0.147. The summed E-state index contributed by atoms with van der Waals surface area (Å²) < 4.78 is 10.2. The van der Waals surface area contributed by atoms with Gasteiger partial charge in [-0.25, -0.2) is 4.79 Å². The number of ether oxygens (including phenoxy) is 2. The molecule has 0 N–H and O–H groups in total. The van der Waals surface area contributed by atoms with Gasteiger partial charge in [-0.1, -0.05) is 18.2 Å². The Morgan fingerprint density at radius 2 is 2.05 bits per heavy atom. The van der Waals surface area contributed by atoms with Crippen molar-refractivity contribution in [1.82, 2.24) is 4.90 Å². The minimum Gasteiger partial charge on any atom is -0.466 e. The number of hydrogen-bond donors (Lipinski definition) is 0. The van der Waals surface area contributed by atoms with E-state index >= 15 is 0 Å².